The van der Waals surface area contributed by atoms with Crippen LogP contribution in [0, 0.1) is 6.92 Å². The van der Waals surface area contributed by atoms with E-state index in [0.29, 0.717) is 12.0 Å². The lowest BCUT2D eigenvalue weighted by atomic mass is 10.3. The Bertz CT molecular complexity index is 891. The van der Waals surface area contributed by atoms with E-state index in [2.05, 4.69) is 19.7 Å². The highest BCUT2D eigenvalue weighted by Crippen LogP contribution is 2.17. The van der Waals surface area contributed by atoms with E-state index < -0.39 is 32.5 Å². The number of anilines is 1. The van der Waals surface area contributed by atoms with Crippen molar-refractivity contribution in [2.24, 2.45) is 0 Å². The summed E-state index contributed by atoms with van der Waals surface area (Å²) in [6.45, 7) is 1.62. The second-order valence-corrected chi connectivity index (χ2v) is 6.04. The maximum Gasteiger partial charge on any atom is 0.340 e. The molecule has 2 amide bonds. The predicted molar refractivity (Wildman–Crippen MR) is 78.3 cm³/mol. The van der Waals surface area contributed by atoms with Gasteiger partial charge in [0.15, 0.2) is 0 Å². The highest BCUT2D eigenvalue weighted by atomic mass is 32.2. The van der Waals surface area contributed by atoms with Gasteiger partial charge in [0.2, 0.25) is 11.8 Å². The number of urea groups is 1. The van der Waals surface area contributed by atoms with Crippen molar-refractivity contribution in [2.45, 2.75) is 11.8 Å². The summed E-state index contributed by atoms with van der Waals surface area (Å²) in [5.74, 6) is -1.54. The van der Waals surface area contributed by atoms with Crippen molar-refractivity contribution in [3.8, 4) is 5.88 Å². The molecule has 0 aliphatic carbocycles. The van der Waals surface area contributed by atoms with Crippen LogP contribution in [0.5, 0.6) is 5.88 Å². The predicted octanol–water partition coefficient (Wildman–Crippen LogP) is 0.595. The Hall–Kier alpha value is -3.15. The second-order valence-electron chi connectivity index (χ2n) is 4.39. The third kappa shape index (κ3) is 3.78. The smallest absolute Gasteiger partial charge is 0.340 e. The van der Waals surface area contributed by atoms with Gasteiger partial charge < -0.3 is 14.3 Å². The number of ether oxygens (including phenoxy) is 1. The number of nitrogens with one attached hydrogen (secondary N) is 2. The highest BCUT2D eigenvalue weighted by Gasteiger charge is 2.27. The number of hydrogen-bond acceptors (Lipinski definition) is 8. The molecule has 2 aromatic rings. The fourth-order valence-corrected chi connectivity index (χ4v) is 2.67. The molecule has 0 aliphatic rings. The van der Waals surface area contributed by atoms with Gasteiger partial charge in [-0.2, -0.15) is 4.98 Å². The Labute approximate surface area is 135 Å². The standard InChI is InChI=1S/C12H12N4O7S/c1-6-3-9(22-2)14-11(13-6)15-12(19)16-24(20,21)8-5-23-4-7(8)10(17)18/h3-5H,1-2H3,(H,17,18)(H2,13,14,15,16,19). The van der Waals surface area contributed by atoms with Crippen LogP contribution in [0.25, 0.3) is 0 Å². The molecule has 0 unspecified atom stereocenters. The monoisotopic (exact) mass is 356 g/mol. The van der Waals surface area contributed by atoms with E-state index in [-0.39, 0.29) is 11.8 Å². The largest absolute Gasteiger partial charge is 0.481 e. The number of carbonyl (C=O) groups excluding carboxylic acids is 1. The van der Waals surface area contributed by atoms with Crippen molar-refractivity contribution in [1.82, 2.24) is 14.7 Å². The fraction of sp³-hybridized carbons (Fsp3) is 0.167. The van der Waals surface area contributed by atoms with Gasteiger partial charge in [-0.1, -0.05) is 0 Å². The first-order valence-electron chi connectivity index (χ1n) is 6.26. The summed E-state index contributed by atoms with van der Waals surface area (Å²) in [4.78, 5) is 29.8. The molecule has 2 rings (SSSR count). The second kappa shape index (κ2) is 6.54. The molecule has 128 valence electrons. The van der Waals surface area contributed by atoms with E-state index in [1.807, 2.05) is 0 Å². The van der Waals surface area contributed by atoms with Gasteiger partial charge in [-0.05, 0) is 6.92 Å². The Balaban J connectivity index is 2.18. The summed E-state index contributed by atoms with van der Waals surface area (Å²) < 4.78 is 35.2. The summed E-state index contributed by atoms with van der Waals surface area (Å²) in [6, 6.07) is 0.324. The number of methoxy groups -OCH3 is 1. The topological polar surface area (TPSA) is 161 Å². The lowest BCUT2D eigenvalue weighted by Crippen LogP contribution is -2.35. The number of aryl methyl sites for hydroxylation is 1. The van der Waals surface area contributed by atoms with Crippen molar-refractivity contribution >= 4 is 28.0 Å². The zero-order valence-corrected chi connectivity index (χ0v) is 13.2. The van der Waals surface area contributed by atoms with Crippen LogP contribution in [-0.4, -0.2) is 42.6 Å². The first-order chi connectivity index (χ1) is 11.2. The Morgan fingerprint density at radius 1 is 1.29 bits per heavy atom. The van der Waals surface area contributed by atoms with Crippen LogP contribution < -0.4 is 14.8 Å². The number of carboxylic acids is 1. The quantitative estimate of drug-likeness (QED) is 0.696. The number of aromatic nitrogens is 2. The molecule has 0 bridgehead atoms. The van der Waals surface area contributed by atoms with E-state index in [0.717, 1.165) is 6.26 Å². The molecule has 24 heavy (non-hydrogen) atoms. The summed E-state index contributed by atoms with van der Waals surface area (Å²) in [7, 11) is -3.10. The minimum Gasteiger partial charge on any atom is -0.481 e. The van der Waals surface area contributed by atoms with E-state index >= 15 is 0 Å². The first kappa shape index (κ1) is 17.2. The Kier molecular flexibility index (Phi) is 4.69. The van der Waals surface area contributed by atoms with E-state index in [9.17, 15) is 18.0 Å². The molecule has 0 fully saturated rings. The molecule has 3 N–H and O–H groups in total. The number of hydrogen-bond donors (Lipinski definition) is 3. The van der Waals surface area contributed by atoms with Crippen LogP contribution in [0.2, 0.25) is 0 Å². The van der Waals surface area contributed by atoms with Crippen molar-refractivity contribution in [3.05, 3.63) is 29.9 Å². The molecule has 0 aliphatic heterocycles. The molecular weight excluding hydrogens is 344 g/mol. The van der Waals surface area contributed by atoms with Crippen molar-refractivity contribution < 1.29 is 32.3 Å². The van der Waals surface area contributed by atoms with Crippen molar-refractivity contribution in [3.63, 3.8) is 0 Å². The summed E-state index contributed by atoms with van der Waals surface area (Å²) >= 11 is 0. The van der Waals surface area contributed by atoms with Gasteiger partial charge in [-0.15, -0.1) is 0 Å². The van der Waals surface area contributed by atoms with E-state index in [1.165, 1.54) is 13.2 Å². The summed E-state index contributed by atoms with van der Waals surface area (Å²) in [6.07, 6.45) is 1.44. The maximum absolute atomic E-state index is 12.0. The number of sulfonamides is 1. The van der Waals surface area contributed by atoms with Crippen LogP contribution in [0.4, 0.5) is 10.7 Å². The molecule has 0 atom stereocenters. The minimum atomic E-state index is -4.46. The number of furan rings is 1. The Morgan fingerprint density at radius 2 is 2.00 bits per heavy atom. The number of aromatic carboxylic acids is 1. The van der Waals surface area contributed by atoms with Crippen molar-refractivity contribution in [1.29, 1.82) is 0 Å². The number of rotatable bonds is 5. The van der Waals surface area contributed by atoms with Crippen LogP contribution >= 0.6 is 0 Å². The summed E-state index contributed by atoms with van der Waals surface area (Å²) in [5, 5.41) is 11.0. The number of carboxylic acid groups (broad SMARTS) is 1. The van der Waals surface area contributed by atoms with Gasteiger partial charge in [-0.3, -0.25) is 5.32 Å². The van der Waals surface area contributed by atoms with Crippen LogP contribution in [0.3, 0.4) is 0 Å². The summed E-state index contributed by atoms with van der Waals surface area (Å²) in [5.41, 5.74) is -0.133. The van der Waals surface area contributed by atoms with Gasteiger partial charge in [0, 0.05) is 11.8 Å². The molecule has 0 saturated heterocycles. The van der Waals surface area contributed by atoms with Gasteiger partial charge in [0.05, 0.1) is 7.11 Å². The van der Waals surface area contributed by atoms with Crippen molar-refractivity contribution in [2.75, 3.05) is 12.4 Å². The highest BCUT2D eigenvalue weighted by molar-refractivity contribution is 7.90. The third-order valence-electron chi connectivity index (χ3n) is 2.64. The minimum absolute atomic E-state index is 0.170. The number of amides is 2. The van der Waals surface area contributed by atoms with Gasteiger partial charge >= 0.3 is 12.0 Å². The molecule has 0 radical (unpaired) electrons. The molecule has 2 heterocycles. The Morgan fingerprint density at radius 3 is 2.62 bits per heavy atom. The van der Waals surface area contributed by atoms with Gasteiger partial charge in [0.1, 0.15) is 23.0 Å². The van der Waals surface area contributed by atoms with Crippen LogP contribution in [0.15, 0.2) is 27.9 Å². The van der Waals surface area contributed by atoms with Crippen LogP contribution in [-0.2, 0) is 10.0 Å². The number of nitrogens with zero attached hydrogens (tertiary/aromatic N) is 2. The normalized spacial score (nSPS) is 10.9. The zero-order chi connectivity index (χ0) is 17.9. The molecule has 2 aromatic heterocycles. The molecular formula is C12H12N4O7S. The maximum atomic E-state index is 12.0. The number of carbonyl (C=O) groups is 2. The molecule has 0 aromatic carbocycles. The lowest BCUT2D eigenvalue weighted by Gasteiger charge is -2.08. The van der Waals surface area contributed by atoms with Gasteiger partial charge in [0.25, 0.3) is 10.0 Å². The van der Waals surface area contributed by atoms with E-state index in [4.69, 9.17) is 9.84 Å². The first-order valence-corrected chi connectivity index (χ1v) is 7.74. The van der Waals surface area contributed by atoms with Crippen LogP contribution in [0.1, 0.15) is 16.1 Å². The third-order valence-corrected chi connectivity index (χ3v) is 3.99. The molecule has 0 saturated carbocycles. The molecule has 11 nitrogen and oxygen atoms in total. The van der Waals surface area contributed by atoms with E-state index in [1.54, 1.807) is 11.6 Å². The average Bonchev–Trinajstić information content (AvgIpc) is 2.96. The molecule has 12 heteroatoms. The SMILES string of the molecule is COc1cc(C)nc(NC(=O)NS(=O)(=O)c2cocc2C(=O)O)n1. The zero-order valence-electron chi connectivity index (χ0n) is 12.4. The fourth-order valence-electron chi connectivity index (χ4n) is 1.65. The molecule has 0 spiro atoms. The lowest BCUT2D eigenvalue weighted by molar-refractivity contribution is 0.0692. The van der Waals surface area contributed by atoms with Gasteiger partial charge in [-0.25, -0.2) is 27.7 Å². The average molecular weight is 356 g/mol.